The van der Waals surface area contributed by atoms with Gasteiger partial charge in [0.25, 0.3) is 0 Å². The molecule has 0 fully saturated rings. The van der Waals surface area contributed by atoms with E-state index in [9.17, 15) is 9.90 Å². The number of aliphatic hydroxyl groups excluding tert-OH is 1. The summed E-state index contributed by atoms with van der Waals surface area (Å²) in [6.45, 7) is 23.2. The summed E-state index contributed by atoms with van der Waals surface area (Å²) in [5.41, 5.74) is 6.12. The monoisotopic (exact) mass is 893 g/mol. The molecule has 52 heavy (non-hydrogen) atoms. The topological polar surface area (TPSA) is 63.3 Å². The Balaban J connectivity index is 0.000000289. The first kappa shape index (κ1) is 41.2. The molecule has 3 heterocycles. The first-order chi connectivity index (χ1) is 24.1. The number of ketones is 1. The van der Waals surface area contributed by atoms with Crippen LogP contribution in [0.1, 0.15) is 105 Å². The number of thiophene rings is 1. The molecule has 0 saturated heterocycles. The van der Waals surface area contributed by atoms with Gasteiger partial charge in [0.15, 0.2) is 5.78 Å². The fourth-order valence-corrected chi connectivity index (χ4v) is 7.95. The average Bonchev–Trinajstić information content (AvgIpc) is 3.65. The SMILES string of the molecule is CCC(C)(CC)C(=O)/C=C(\O)C(C)(CC)CC.Cc1c(-c2sc3c(-c4[c-]c5ccccc5c(C(C)(C)C)c4)nccc3c2C)oc2ccccc12.[Ir]. The van der Waals surface area contributed by atoms with E-state index in [2.05, 4.69) is 89.2 Å². The van der Waals surface area contributed by atoms with E-state index in [1.54, 1.807) is 11.3 Å². The maximum Gasteiger partial charge on any atom is 0.164 e. The average molecular weight is 893 g/mol. The van der Waals surface area contributed by atoms with Crippen molar-refractivity contribution in [2.45, 2.75) is 107 Å². The van der Waals surface area contributed by atoms with E-state index in [4.69, 9.17) is 9.40 Å². The van der Waals surface area contributed by atoms with Gasteiger partial charge in [-0.25, -0.2) is 0 Å². The van der Waals surface area contributed by atoms with Crippen LogP contribution in [0.15, 0.2) is 83.1 Å². The van der Waals surface area contributed by atoms with Gasteiger partial charge in [0, 0.05) is 64.6 Å². The zero-order chi connectivity index (χ0) is 37.3. The molecule has 0 aliphatic heterocycles. The van der Waals surface area contributed by atoms with Crippen LogP contribution in [0.4, 0.5) is 0 Å². The Morgan fingerprint density at radius 1 is 0.827 bits per heavy atom. The van der Waals surface area contributed by atoms with Crippen LogP contribution >= 0.6 is 11.3 Å². The van der Waals surface area contributed by atoms with Crippen molar-refractivity contribution in [3.05, 3.63) is 101 Å². The van der Waals surface area contributed by atoms with E-state index < -0.39 is 0 Å². The van der Waals surface area contributed by atoms with Gasteiger partial charge >= 0.3 is 0 Å². The first-order valence-electron chi connectivity index (χ1n) is 18.4. The molecule has 1 N–H and O–H groups in total. The van der Waals surface area contributed by atoms with Crippen molar-refractivity contribution in [3.63, 3.8) is 0 Å². The number of aryl methyl sites for hydroxylation is 2. The number of furan rings is 1. The van der Waals surface area contributed by atoms with E-state index in [0.29, 0.717) is 0 Å². The number of fused-ring (bicyclic) bond motifs is 3. The van der Waals surface area contributed by atoms with Crippen LogP contribution in [0, 0.1) is 30.7 Å². The van der Waals surface area contributed by atoms with Crippen molar-refractivity contribution in [2.75, 3.05) is 0 Å². The molecule has 0 atom stereocenters. The van der Waals surface area contributed by atoms with Gasteiger partial charge in [-0.1, -0.05) is 110 Å². The molecule has 0 spiro atoms. The van der Waals surface area contributed by atoms with Gasteiger partial charge in [-0.3, -0.25) is 9.78 Å². The normalized spacial score (nSPS) is 12.6. The predicted octanol–water partition coefficient (Wildman–Crippen LogP) is 13.9. The Hall–Kier alpha value is -3.57. The van der Waals surface area contributed by atoms with Gasteiger partial charge in [-0.2, -0.15) is 0 Å². The Kier molecular flexibility index (Phi) is 12.8. The van der Waals surface area contributed by atoms with Crippen LogP contribution in [0.25, 0.3) is 53.7 Å². The largest absolute Gasteiger partial charge is 0.512 e. The second-order valence-electron chi connectivity index (χ2n) is 15.5. The Labute approximate surface area is 328 Å². The molecule has 6 aromatic rings. The number of carbonyl (C=O) groups is 1. The number of aromatic nitrogens is 1. The zero-order valence-electron chi connectivity index (χ0n) is 32.7. The van der Waals surface area contributed by atoms with Gasteiger partial charge in [-0.05, 0) is 68.0 Å². The van der Waals surface area contributed by atoms with Crippen LogP contribution in [0.2, 0.25) is 0 Å². The smallest absolute Gasteiger partial charge is 0.164 e. The maximum absolute atomic E-state index is 12.2. The number of pyridine rings is 1. The number of benzene rings is 3. The minimum atomic E-state index is -0.337. The molecule has 6 rings (SSSR count). The molecule has 0 saturated carbocycles. The standard InChI is InChI=1S/C31H26NOS.C15H28O2.Ir/c1-18-22-11-8-9-13-26(22)33-28(18)29-19(2)23-14-15-32-27(30(23)34-29)21-16-20-10-6-7-12-24(20)25(17-21)31(3,4)5;1-7-14(5,8-2)12(16)11-13(17)15(6,9-3)10-4;/h6-15,17H,1-5H3;11,16H,7-10H2,1-6H3;/q-1;;/b;12-11-;. The fourth-order valence-electron chi connectivity index (χ4n) is 6.61. The number of nitrogens with zero attached hydrogens (tertiary/aromatic N) is 1. The van der Waals surface area contributed by atoms with Crippen LogP contribution in [0.3, 0.4) is 0 Å². The number of aliphatic hydroxyl groups is 1. The van der Waals surface area contributed by atoms with Crippen LogP contribution < -0.4 is 0 Å². The second-order valence-corrected chi connectivity index (χ2v) is 16.5. The fraction of sp³-hybridized carbons (Fsp3) is 0.391. The maximum atomic E-state index is 12.2. The summed E-state index contributed by atoms with van der Waals surface area (Å²) in [4.78, 5) is 18.2. The van der Waals surface area contributed by atoms with Gasteiger partial charge in [-0.15, -0.1) is 40.5 Å². The summed E-state index contributed by atoms with van der Waals surface area (Å²) in [5.74, 6) is 1.25. The molecule has 3 aromatic carbocycles. The third-order valence-electron chi connectivity index (χ3n) is 11.3. The summed E-state index contributed by atoms with van der Waals surface area (Å²) in [7, 11) is 0. The molecule has 3 aromatic heterocycles. The Morgan fingerprint density at radius 2 is 1.42 bits per heavy atom. The quantitative estimate of drug-likeness (QED) is 0.0892. The molecule has 0 unspecified atom stereocenters. The van der Waals surface area contributed by atoms with Gasteiger partial charge < -0.3 is 9.52 Å². The number of allylic oxidation sites excluding steroid dienone is 2. The molecule has 0 amide bonds. The van der Waals surface area contributed by atoms with Crippen LogP contribution in [-0.4, -0.2) is 15.9 Å². The van der Waals surface area contributed by atoms with Crippen molar-refractivity contribution in [1.29, 1.82) is 0 Å². The van der Waals surface area contributed by atoms with Crippen molar-refractivity contribution in [3.8, 4) is 21.9 Å². The predicted molar refractivity (Wildman–Crippen MR) is 218 cm³/mol. The molecule has 0 aliphatic rings. The molecular formula is C46H54IrNO3S-. The third kappa shape index (κ3) is 7.86. The van der Waals surface area contributed by atoms with Gasteiger partial charge in [0.1, 0.15) is 17.1 Å². The van der Waals surface area contributed by atoms with Crippen molar-refractivity contribution in [1.82, 2.24) is 4.98 Å². The Morgan fingerprint density at radius 3 is 2.02 bits per heavy atom. The minimum absolute atomic E-state index is 0. The van der Waals surface area contributed by atoms with E-state index >= 15 is 0 Å². The molecule has 0 aliphatic carbocycles. The molecule has 6 heteroatoms. The molecule has 1 radical (unpaired) electrons. The second kappa shape index (κ2) is 16.2. The number of rotatable bonds is 9. The van der Waals surface area contributed by atoms with Gasteiger partial charge in [0.2, 0.25) is 0 Å². The van der Waals surface area contributed by atoms with Crippen molar-refractivity contribution >= 4 is 48.9 Å². The van der Waals surface area contributed by atoms with E-state index in [0.717, 1.165) is 53.7 Å². The summed E-state index contributed by atoms with van der Waals surface area (Å²) >= 11 is 1.77. The molecule has 0 bridgehead atoms. The van der Waals surface area contributed by atoms with Crippen molar-refractivity contribution < 1.29 is 34.4 Å². The van der Waals surface area contributed by atoms with Crippen LogP contribution in [0.5, 0.6) is 0 Å². The third-order valence-corrected chi connectivity index (χ3v) is 12.7. The molecule has 277 valence electrons. The van der Waals surface area contributed by atoms with E-state index in [1.807, 2.05) is 59.9 Å². The summed E-state index contributed by atoms with van der Waals surface area (Å²) in [5, 5.41) is 14.9. The summed E-state index contributed by atoms with van der Waals surface area (Å²) in [6.07, 6.45) is 6.68. The molecular weight excluding hydrogens is 839 g/mol. The minimum Gasteiger partial charge on any atom is -0.512 e. The molecule has 4 nitrogen and oxygen atoms in total. The summed E-state index contributed by atoms with van der Waals surface area (Å²) < 4.78 is 7.53. The zero-order valence-corrected chi connectivity index (χ0v) is 35.9. The number of hydrogen-bond acceptors (Lipinski definition) is 5. The number of hydrogen-bond donors (Lipinski definition) is 1. The van der Waals surface area contributed by atoms with Crippen molar-refractivity contribution in [2.24, 2.45) is 10.8 Å². The number of carbonyl (C=O) groups excluding carboxylic acids is 1. The van der Waals surface area contributed by atoms with Crippen LogP contribution in [-0.2, 0) is 30.3 Å². The van der Waals surface area contributed by atoms with E-state index in [1.165, 1.54) is 48.5 Å². The van der Waals surface area contributed by atoms with Gasteiger partial charge in [0.05, 0.1) is 4.88 Å². The first-order valence-corrected chi connectivity index (χ1v) is 19.2. The summed E-state index contributed by atoms with van der Waals surface area (Å²) in [6, 6.07) is 24.9. The Bertz CT molecular complexity index is 2220. The van der Waals surface area contributed by atoms with E-state index in [-0.39, 0.29) is 47.9 Å². The number of para-hydroxylation sites is 1.